The highest BCUT2D eigenvalue weighted by atomic mass is 35.5. The Bertz CT molecular complexity index is 606. The van der Waals surface area contributed by atoms with Crippen LogP contribution in [0.15, 0.2) is 59.7 Å². The summed E-state index contributed by atoms with van der Waals surface area (Å²) in [4.78, 5) is 31.2. The molecule has 0 heterocycles. The Morgan fingerprint density at radius 3 is 1.78 bits per heavy atom. The van der Waals surface area contributed by atoms with Crippen molar-refractivity contribution in [1.82, 2.24) is 5.32 Å². The van der Waals surface area contributed by atoms with Crippen molar-refractivity contribution in [1.29, 1.82) is 0 Å². The Hall–Kier alpha value is -2.40. The minimum absolute atomic E-state index is 0.00116. The van der Waals surface area contributed by atoms with E-state index in [1.165, 1.54) is 0 Å². The molecule has 0 aromatic carbocycles. The maximum atomic E-state index is 11.6. The number of Topliss-reactive ketones (excluding diaryl/α,β-unsaturated/α-hetero) is 1. The molecular weight excluding hydrogens is 426 g/mol. The number of carbonyl (C=O) groups is 3. The molecule has 1 amide bonds. The minimum atomic E-state index is -1.09. The fraction of sp³-hybridized carbons (Fsp3) is 0.500. The predicted octanol–water partition coefficient (Wildman–Crippen LogP) is 7.25. The number of rotatable bonds is 8. The first kappa shape index (κ1) is 40.0. The molecule has 0 aromatic rings. The van der Waals surface area contributed by atoms with Gasteiger partial charge in [0.2, 0.25) is 6.41 Å². The quantitative estimate of drug-likeness (QED) is 0.221. The molecule has 186 valence electrons. The summed E-state index contributed by atoms with van der Waals surface area (Å²) in [7, 11) is 0. The Kier molecular flexibility index (Phi) is 35.8. The highest BCUT2D eigenvalue weighted by Crippen LogP contribution is 2.20. The van der Waals surface area contributed by atoms with Crippen molar-refractivity contribution in [3.8, 4) is 0 Å². The Balaban J connectivity index is -0.000000116. The Morgan fingerprint density at radius 2 is 1.50 bits per heavy atom. The lowest BCUT2D eigenvalue weighted by atomic mass is 9.88. The monoisotopic (exact) mass is 471 g/mol. The van der Waals surface area contributed by atoms with Crippen molar-refractivity contribution in [2.75, 3.05) is 6.54 Å². The van der Waals surface area contributed by atoms with Crippen LogP contribution >= 0.6 is 11.6 Å². The van der Waals surface area contributed by atoms with Crippen LogP contribution in [0.1, 0.15) is 75.7 Å². The van der Waals surface area contributed by atoms with Crippen LogP contribution in [-0.4, -0.2) is 29.8 Å². The Morgan fingerprint density at radius 1 is 1.06 bits per heavy atom. The van der Waals surface area contributed by atoms with Crippen molar-refractivity contribution in [2.24, 2.45) is 5.41 Å². The lowest BCUT2D eigenvalue weighted by molar-refractivity contribution is -0.132. The van der Waals surface area contributed by atoms with Gasteiger partial charge in [-0.15, -0.1) is 0 Å². The zero-order valence-corrected chi connectivity index (χ0v) is 22.6. The lowest BCUT2D eigenvalue weighted by Gasteiger charge is -2.16. The van der Waals surface area contributed by atoms with Crippen LogP contribution in [-0.2, 0) is 14.4 Å². The first-order valence-electron chi connectivity index (χ1n) is 10.7. The van der Waals surface area contributed by atoms with E-state index in [1.54, 1.807) is 6.08 Å². The summed E-state index contributed by atoms with van der Waals surface area (Å²) in [5.74, 6) is -0.879. The standard InChI is InChI=1S/C13H20O.C5H7NO3.C4H7Cl.2C2H6/c1-6-7-8-9-11(2)12(14)10-13(3,4)5;1-4(5(8)9)2-6-3-7;1-3-4(2)5;2*1-2/h6-9H,1,10H2,2-5H3;3H,1-2H2,(H,6,7)(H,8,9);3H,1-2H3;2*1-2H3/b8-7-,11-9+;;4-3+;;. The highest BCUT2D eigenvalue weighted by molar-refractivity contribution is 6.29. The number of amides is 1. The van der Waals surface area contributed by atoms with Crippen LogP contribution < -0.4 is 5.32 Å². The van der Waals surface area contributed by atoms with Gasteiger partial charge in [0.05, 0.1) is 0 Å². The summed E-state index contributed by atoms with van der Waals surface area (Å²) in [5, 5.41) is 11.2. The van der Waals surface area contributed by atoms with Gasteiger partial charge in [0.1, 0.15) is 0 Å². The second kappa shape index (κ2) is 28.6. The second-order valence-corrected chi connectivity index (χ2v) is 7.51. The summed E-state index contributed by atoms with van der Waals surface area (Å²) in [6.07, 6.45) is 10.0. The molecule has 5 nitrogen and oxygen atoms in total. The molecule has 0 saturated carbocycles. The third-order valence-electron chi connectivity index (χ3n) is 2.82. The normalized spacial score (nSPS) is 10.3. The lowest BCUT2D eigenvalue weighted by Crippen LogP contribution is -2.18. The van der Waals surface area contributed by atoms with Gasteiger partial charge in [-0.2, -0.15) is 0 Å². The maximum Gasteiger partial charge on any atom is 0.332 e. The predicted molar refractivity (Wildman–Crippen MR) is 141 cm³/mol. The SMILES string of the molecule is C/C=C(\C)Cl.C=C(CNC=O)C(=O)O.C=C/C=C\C=C(/C)C(=O)CC(C)(C)C.CC.CC. The van der Waals surface area contributed by atoms with Crippen molar-refractivity contribution >= 4 is 29.8 Å². The number of allylic oxidation sites excluding steroid dienone is 7. The zero-order chi connectivity index (χ0) is 26.8. The fourth-order valence-corrected chi connectivity index (χ4v) is 1.23. The van der Waals surface area contributed by atoms with Gasteiger partial charge in [0.15, 0.2) is 5.78 Å². The second-order valence-electron chi connectivity index (χ2n) is 6.91. The molecule has 0 atom stereocenters. The number of aliphatic carboxylic acids is 1. The molecule has 0 bridgehead atoms. The number of halogens is 1. The third-order valence-corrected chi connectivity index (χ3v) is 3.04. The molecule has 0 radical (unpaired) electrons. The van der Waals surface area contributed by atoms with Gasteiger partial charge in [-0.3, -0.25) is 9.59 Å². The molecule has 2 N–H and O–H groups in total. The van der Waals surface area contributed by atoms with E-state index in [2.05, 4.69) is 39.2 Å². The van der Waals surface area contributed by atoms with E-state index in [0.29, 0.717) is 12.8 Å². The third kappa shape index (κ3) is 41.9. The van der Waals surface area contributed by atoms with E-state index in [1.807, 2.05) is 72.8 Å². The largest absolute Gasteiger partial charge is 0.478 e. The molecule has 0 unspecified atom stereocenters. The molecule has 0 aliphatic rings. The van der Waals surface area contributed by atoms with E-state index in [0.717, 1.165) is 10.6 Å². The number of hydrogen-bond donors (Lipinski definition) is 2. The summed E-state index contributed by atoms with van der Waals surface area (Å²) >= 11 is 5.32. The zero-order valence-electron chi connectivity index (χ0n) is 21.8. The summed E-state index contributed by atoms with van der Waals surface area (Å²) < 4.78 is 0. The van der Waals surface area contributed by atoms with Gasteiger partial charge in [-0.05, 0) is 31.8 Å². The summed E-state index contributed by atoms with van der Waals surface area (Å²) in [6, 6.07) is 0. The molecule has 0 aliphatic carbocycles. The van der Waals surface area contributed by atoms with Gasteiger partial charge in [0.25, 0.3) is 0 Å². The summed E-state index contributed by atoms with van der Waals surface area (Å²) in [5.41, 5.74) is 0.842. The van der Waals surface area contributed by atoms with Crippen LogP contribution in [0, 0.1) is 5.41 Å². The average molecular weight is 472 g/mol. The smallest absolute Gasteiger partial charge is 0.332 e. The van der Waals surface area contributed by atoms with E-state index >= 15 is 0 Å². The van der Waals surface area contributed by atoms with Crippen molar-refractivity contribution < 1.29 is 19.5 Å². The average Bonchev–Trinajstić information content (AvgIpc) is 2.74. The molecule has 0 aromatic heterocycles. The maximum absolute atomic E-state index is 11.6. The van der Waals surface area contributed by atoms with Crippen molar-refractivity contribution in [2.45, 2.75) is 75.7 Å². The van der Waals surface area contributed by atoms with Crippen LogP contribution in [0.5, 0.6) is 0 Å². The molecule has 32 heavy (non-hydrogen) atoms. The van der Waals surface area contributed by atoms with E-state index < -0.39 is 5.97 Å². The first-order valence-corrected chi connectivity index (χ1v) is 11.1. The number of carbonyl (C=O) groups excluding carboxylic acids is 2. The number of nitrogens with one attached hydrogen (secondary N) is 1. The number of carboxylic acids is 1. The minimum Gasteiger partial charge on any atom is -0.478 e. The van der Waals surface area contributed by atoms with Gasteiger partial charge in [-0.25, -0.2) is 4.79 Å². The number of ketones is 1. The Labute approximate surface area is 202 Å². The topological polar surface area (TPSA) is 83.5 Å². The highest BCUT2D eigenvalue weighted by Gasteiger charge is 2.16. The van der Waals surface area contributed by atoms with E-state index in [-0.39, 0.29) is 23.3 Å². The first-order chi connectivity index (χ1) is 14.8. The molecule has 0 spiro atoms. The molecule has 0 rings (SSSR count). The van der Waals surface area contributed by atoms with Crippen molar-refractivity contribution in [3.63, 3.8) is 0 Å². The van der Waals surface area contributed by atoms with Crippen LogP contribution in [0.2, 0.25) is 0 Å². The van der Waals surface area contributed by atoms with Gasteiger partial charge >= 0.3 is 5.97 Å². The van der Waals surface area contributed by atoms with Gasteiger partial charge in [-0.1, -0.05) is 104 Å². The number of carboxylic acid groups (broad SMARTS) is 1. The molecule has 0 saturated heterocycles. The van der Waals surface area contributed by atoms with Gasteiger partial charge < -0.3 is 10.4 Å². The van der Waals surface area contributed by atoms with Crippen molar-refractivity contribution in [3.05, 3.63) is 59.7 Å². The van der Waals surface area contributed by atoms with Gasteiger partial charge in [0, 0.05) is 23.6 Å². The van der Waals surface area contributed by atoms with Crippen LogP contribution in [0.3, 0.4) is 0 Å². The van der Waals surface area contributed by atoms with E-state index in [9.17, 15) is 14.4 Å². The molecule has 0 fully saturated rings. The fourth-order valence-electron chi connectivity index (χ4n) is 1.23. The molecule has 0 aliphatic heterocycles. The number of hydrogen-bond acceptors (Lipinski definition) is 3. The van der Waals surface area contributed by atoms with Crippen LogP contribution in [0.25, 0.3) is 0 Å². The van der Waals surface area contributed by atoms with E-state index in [4.69, 9.17) is 16.7 Å². The summed E-state index contributed by atoms with van der Waals surface area (Å²) in [6.45, 7) is 26.5. The van der Waals surface area contributed by atoms with Crippen LogP contribution in [0.4, 0.5) is 0 Å². The molecular formula is C26H46ClNO4. The molecule has 6 heteroatoms.